The second-order valence-electron chi connectivity index (χ2n) is 10.7. The van der Waals surface area contributed by atoms with Crippen molar-refractivity contribution in [3.05, 3.63) is 41.9 Å². The molecular formula is C26H33N7O4. The maximum absolute atomic E-state index is 13.1. The molecular weight excluding hydrogens is 474 g/mol. The largest absolute Gasteiger partial charge is 0.493 e. The summed E-state index contributed by atoms with van der Waals surface area (Å²) in [7, 11) is 0. The van der Waals surface area contributed by atoms with E-state index in [1.54, 1.807) is 27.6 Å². The van der Waals surface area contributed by atoms with E-state index < -0.39 is 5.60 Å². The first-order chi connectivity index (χ1) is 17.6. The lowest BCUT2D eigenvalue weighted by Gasteiger charge is -2.26. The minimum Gasteiger partial charge on any atom is -0.493 e. The van der Waals surface area contributed by atoms with E-state index in [1.165, 1.54) is 0 Å². The second-order valence-corrected chi connectivity index (χ2v) is 10.7. The fraction of sp³-hybridized carbons (Fsp3) is 0.500. The number of amides is 2. The smallest absolute Gasteiger partial charge is 0.410 e. The lowest BCUT2D eigenvalue weighted by atomic mass is 10.0. The van der Waals surface area contributed by atoms with Crippen LogP contribution in [0.25, 0.3) is 5.65 Å². The fourth-order valence-corrected chi connectivity index (χ4v) is 4.99. The molecule has 2 unspecified atom stereocenters. The number of aryl methyl sites for hydroxylation is 1. The molecule has 0 saturated carbocycles. The molecule has 0 spiro atoms. The first-order valence-corrected chi connectivity index (χ1v) is 12.6. The predicted molar refractivity (Wildman–Crippen MR) is 138 cm³/mol. The van der Waals surface area contributed by atoms with Crippen LogP contribution >= 0.6 is 0 Å². The van der Waals surface area contributed by atoms with Gasteiger partial charge in [0.15, 0.2) is 11.6 Å². The van der Waals surface area contributed by atoms with E-state index in [1.807, 2.05) is 46.9 Å². The Balaban J connectivity index is 1.22. The van der Waals surface area contributed by atoms with Crippen LogP contribution in [-0.4, -0.2) is 74.9 Å². The van der Waals surface area contributed by atoms with Gasteiger partial charge in [-0.15, -0.1) is 10.2 Å². The number of carbonyl (C=O) groups excluding carboxylic acids is 2. The highest BCUT2D eigenvalue weighted by Crippen LogP contribution is 2.34. The van der Waals surface area contributed by atoms with Crippen molar-refractivity contribution in [2.45, 2.75) is 40.2 Å². The first-order valence-electron chi connectivity index (χ1n) is 12.6. The Morgan fingerprint density at radius 2 is 1.81 bits per heavy atom. The first kappa shape index (κ1) is 24.8. The normalized spacial score (nSPS) is 19.3. The van der Waals surface area contributed by atoms with Gasteiger partial charge in [0.2, 0.25) is 0 Å². The van der Waals surface area contributed by atoms with Gasteiger partial charge in [-0.2, -0.15) is 0 Å². The molecule has 0 aromatic carbocycles. The fourth-order valence-electron chi connectivity index (χ4n) is 4.99. The molecule has 2 atom stereocenters. The van der Waals surface area contributed by atoms with E-state index in [9.17, 15) is 9.59 Å². The molecule has 37 heavy (non-hydrogen) atoms. The molecule has 1 N–H and O–H groups in total. The molecule has 2 amide bonds. The summed E-state index contributed by atoms with van der Waals surface area (Å²) in [5, 5.41) is 11.4. The summed E-state index contributed by atoms with van der Waals surface area (Å²) in [6.07, 6.45) is 3.32. The minimum atomic E-state index is -0.497. The van der Waals surface area contributed by atoms with Gasteiger partial charge in [0.25, 0.3) is 5.91 Å². The van der Waals surface area contributed by atoms with Crippen LogP contribution in [0.15, 0.2) is 30.6 Å². The Morgan fingerprint density at radius 3 is 2.43 bits per heavy atom. The van der Waals surface area contributed by atoms with Crippen molar-refractivity contribution in [1.29, 1.82) is 0 Å². The van der Waals surface area contributed by atoms with Gasteiger partial charge in [-0.25, -0.2) is 9.78 Å². The summed E-state index contributed by atoms with van der Waals surface area (Å²) in [6.45, 7) is 12.8. The number of carbonyl (C=O) groups is 2. The van der Waals surface area contributed by atoms with E-state index >= 15 is 0 Å². The van der Waals surface area contributed by atoms with Crippen molar-refractivity contribution >= 4 is 29.3 Å². The number of aromatic nitrogens is 4. The molecule has 0 radical (unpaired) electrons. The van der Waals surface area contributed by atoms with Crippen molar-refractivity contribution in [3.63, 3.8) is 0 Å². The van der Waals surface area contributed by atoms with Gasteiger partial charge in [-0.05, 0) is 46.8 Å². The highest BCUT2D eigenvalue weighted by atomic mass is 16.6. The average molecular weight is 508 g/mol. The summed E-state index contributed by atoms with van der Waals surface area (Å²) >= 11 is 0. The van der Waals surface area contributed by atoms with Crippen LogP contribution in [0.4, 0.5) is 16.4 Å². The third-order valence-electron chi connectivity index (χ3n) is 6.57. The Morgan fingerprint density at radius 1 is 1.08 bits per heavy atom. The second kappa shape index (κ2) is 9.53. The quantitative estimate of drug-likeness (QED) is 0.559. The Labute approximate surface area is 215 Å². The van der Waals surface area contributed by atoms with Crippen LogP contribution in [0.1, 0.15) is 43.7 Å². The maximum Gasteiger partial charge on any atom is 0.410 e. The van der Waals surface area contributed by atoms with Gasteiger partial charge in [0.05, 0.1) is 17.9 Å². The van der Waals surface area contributed by atoms with Crippen LogP contribution in [0.5, 0.6) is 5.75 Å². The van der Waals surface area contributed by atoms with E-state index in [0.717, 1.165) is 24.6 Å². The van der Waals surface area contributed by atoms with Gasteiger partial charge in [0.1, 0.15) is 17.0 Å². The number of anilines is 2. The van der Waals surface area contributed by atoms with Gasteiger partial charge >= 0.3 is 6.09 Å². The zero-order valence-electron chi connectivity index (χ0n) is 21.9. The van der Waals surface area contributed by atoms with Gasteiger partial charge in [0, 0.05) is 56.5 Å². The standard InChI is InChI=1S/C26H33N7O4/c1-6-36-20-9-23-27-16(2)10-31(23)15-19(20)24(34)28-21-7-8-22(30-29-21)32-11-17-13-33(14-18(17)12-32)25(35)37-26(3,4)5/h7-10,15,17-18H,6,11-14H2,1-5H3,(H,28,29,34). The molecule has 3 aromatic heterocycles. The van der Waals surface area contributed by atoms with Crippen molar-refractivity contribution in [2.75, 3.05) is 43.0 Å². The molecule has 11 heteroatoms. The molecule has 5 heterocycles. The van der Waals surface area contributed by atoms with Crippen molar-refractivity contribution in [2.24, 2.45) is 11.8 Å². The molecule has 0 aliphatic carbocycles. The molecule has 2 saturated heterocycles. The van der Waals surface area contributed by atoms with Crippen molar-refractivity contribution in [3.8, 4) is 5.75 Å². The molecule has 2 fully saturated rings. The summed E-state index contributed by atoms with van der Waals surface area (Å²) in [6, 6.07) is 5.37. The molecule has 196 valence electrons. The maximum atomic E-state index is 13.1. The molecule has 11 nitrogen and oxygen atoms in total. The summed E-state index contributed by atoms with van der Waals surface area (Å²) in [5.74, 6) is 1.97. The SMILES string of the molecule is CCOc1cc2nc(C)cn2cc1C(=O)Nc1ccc(N2CC3CN(C(=O)OC(C)(C)C)CC3C2)nn1. The Hall–Kier alpha value is -3.89. The van der Waals surface area contributed by atoms with E-state index in [2.05, 4.69) is 25.4 Å². The topological polar surface area (TPSA) is 114 Å². The van der Waals surface area contributed by atoms with Crippen molar-refractivity contribution in [1.82, 2.24) is 24.5 Å². The Kier molecular flexibility index (Phi) is 6.38. The van der Waals surface area contributed by atoms with E-state index in [-0.39, 0.29) is 12.0 Å². The summed E-state index contributed by atoms with van der Waals surface area (Å²) in [4.78, 5) is 33.9. The Bertz CT molecular complexity index is 1300. The number of hydrogen-bond acceptors (Lipinski definition) is 8. The molecule has 2 aliphatic heterocycles. The zero-order chi connectivity index (χ0) is 26.3. The number of rotatable bonds is 5. The third kappa shape index (κ3) is 5.30. The van der Waals surface area contributed by atoms with Crippen LogP contribution in [-0.2, 0) is 4.74 Å². The molecule has 3 aromatic rings. The number of imidazole rings is 1. The predicted octanol–water partition coefficient (Wildman–Crippen LogP) is 3.39. The molecule has 0 bridgehead atoms. The summed E-state index contributed by atoms with van der Waals surface area (Å²) in [5.41, 5.74) is 1.46. The molecule has 5 rings (SSSR count). The summed E-state index contributed by atoms with van der Waals surface area (Å²) < 4.78 is 13.0. The number of nitrogens with zero attached hydrogens (tertiary/aromatic N) is 6. The number of nitrogens with one attached hydrogen (secondary N) is 1. The van der Waals surface area contributed by atoms with E-state index in [4.69, 9.17) is 9.47 Å². The number of fused-ring (bicyclic) bond motifs is 2. The number of ether oxygens (including phenoxy) is 2. The molecule has 2 aliphatic rings. The van der Waals surface area contributed by atoms with Gasteiger partial charge in [-0.3, -0.25) is 4.79 Å². The van der Waals surface area contributed by atoms with Crippen LogP contribution in [0, 0.1) is 18.8 Å². The van der Waals surface area contributed by atoms with Gasteiger partial charge < -0.3 is 29.0 Å². The number of pyridine rings is 1. The van der Waals surface area contributed by atoms with Crippen LogP contribution in [0.3, 0.4) is 0 Å². The number of likely N-dealkylation sites (tertiary alicyclic amines) is 1. The monoisotopic (exact) mass is 507 g/mol. The highest BCUT2D eigenvalue weighted by Gasteiger charge is 2.43. The zero-order valence-corrected chi connectivity index (χ0v) is 21.9. The average Bonchev–Trinajstić information content (AvgIpc) is 3.50. The lowest BCUT2D eigenvalue weighted by molar-refractivity contribution is 0.0282. The van der Waals surface area contributed by atoms with E-state index in [0.29, 0.717) is 54.3 Å². The van der Waals surface area contributed by atoms with Gasteiger partial charge in [-0.1, -0.05) is 0 Å². The lowest BCUT2D eigenvalue weighted by Crippen LogP contribution is -2.37. The minimum absolute atomic E-state index is 0.247. The van der Waals surface area contributed by atoms with Crippen LogP contribution in [0.2, 0.25) is 0 Å². The third-order valence-corrected chi connectivity index (χ3v) is 6.57. The van der Waals surface area contributed by atoms with Crippen LogP contribution < -0.4 is 15.0 Å². The van der Waals surface area contributed by atoms with Crippen molar-refractivity contribution < 1.29 is 19.1 Å². The highest BCUT2D eigenvalue weighted by molar-refractivity contribution is 6.05. The number of hydrogen-bond donors (Lipinski definition) is 1.